The van der Waals surface area contributed by atoms with Crippen molar-refractivity contribution in [1.29, 1.82) is 0 Å². The van der Waals surface area contributed by atoms with Crippen molar-refractivity contribution >= 4 is 11.9 Å². The van der Waals surface area contributed by atoms with Crippen molar-refractivity contribution in [2.24, 2.45) is 5.73 Å². The molecule has 3 N–H and O–H groups in total. The van der Waals surface area contributed by atoms with Gasteiger partial charge in [-0.15, -0.1) is 5.10 Å². The second-order valence-electron chi connectivity index (χ2n) is 6.72. The van der Waals surface area contributed by atoms with E-state index in [4.69, 9.17) is 10.8 Å². The summed E-state index contributed by atoms with van der Waals surface area (Å²) >= 11 is 0. The maximum atomic E-state index is 12.2. The van der Waals surface area contributed by atoms with Crippen LogP contribution in [0.3, 0.4) is 0 Å². The van der Waals surface area contributed by atoms with E-state index in [2.05, 4.69) is 41.3 Å². The monoisotopic (exact) mass is 360 g/mol. The van der Waals surface area contributed by atoms with Crippen molar-refractivity contribution in [3.05, 3.63) is 70.7 Å². The Labute approximate surface area is 157 Å². The minimum atomic E-state index is -0.497. The van der Waals surface area contributed by atoms with Gasteiger partial charge in [0, 0.05) is 23.7 Å². The van der Waals surface area contributed by atoms with Gasteiger partial charge >= 0.3 is 0 Å². The fourth-order valence-corrected chi connectivity index (χ4v) is 3.32. The van der Waals surface area contributed by atoms with Crippen molar-refractivity contribution in [1.82, 2.24) is 19.7 Å². The molecule has 0 saturated carbocycles. The highest BCUT2D eigenvalue weighted by Gasteiger charge is 2.33. The molecule has 1 aliphatic rings. The van der Waals surface area contributed by atoms with E-state index in [0.29, 0.717) is 23.0 Å². The van der Waals surface area contributed by atoms with Crippen molar-refractivity contribution in [3.63, 3.8) is 0 Å². The van der Waals surface area contributed by atoms with Crippen LogP contribution in [0.2, 0.25) is 0 Å². The number of aryl methyl sites for hydroxylation is 2. The topological polar surface area (TPSA) is 98.7 Å². The lowest BCUT2D eigenvalue weighted by Crippen LogP contribution is -2.31. The normalized spacial score (nSPS) is 16.0. The molecule has 27 heavy (non-hydrogen) atoms. The lowest BCUT2D eigenvalue weighted by molar-refractivity contribution is -0.115. The van der Waals surface area contributed by atoms with Gasteiger partial charge in [0.1, 0.15) is 6.04 Å². The van der Waals surface area contributed by atoms with Gasteiger partial charge in [-0.25, -0.2) is 4.68 Å². The van der Waals surface area contributed by atoms with Crippen LogP contribution in [0.15, 0.2) is 54.0 Å². The Morgan fingerprint density at radius 2 is 2.00 bits per heavy atom. The van der Waals surface area contributed by atoms with Crippen molar-refractivity contribution in [2.45, 2.75) is 26.8 Å². The Morgan fingerprint density at radius 1 is 1.19 bits per heavy atom. The number of rotatable bonds is 3. The number of hydrogen-bond donors (Lipinski definition) is 2. The van der Waals surface area contributed by atoms with E-state index in [-0.39, 0.29) is 0 Å². The number of aromatic nitrogens is 4. The Balaban J connectivity index is 1.87. The van der Waals surface area contributed by atoms with E-state index < -0.39 is 11.9 Å². The van der Waals surface area contributed by atoms with Crippen LogP contribution in [-0.4, -0.2) is 25.7 Å². The van der Waals surface area contributed by atoms with Crippen LogP contribution < -0.4 is 11.1 Å². The summed E-state index contributed by atoms with van der Waals surface area (Å²) in [5.74, 6) is 0.662. The number of pyridine rings is 1. The zero-order valence-electron chi connectivity index (χ0n) is 15.4. The number of nitrogens with two attached hydrogens (primary N) is 1. The molecule has 1 amide bonds. The molecule has 7 heteroatoms. The summed E-state index contributed by atoms with van der Waals surface area (Å²) < 4.78 is 1.70. The van der Waals surface area contributed by atoms with Gasteiger partial charge in [0.05, 0.1) is 5.57 Å². The predicted molar refractivity (Wildman–Crippen MR) is 103 cm³/mol. The van der Waals surface area contributed by atoms with Gasteiger partial charge in [0.2, 0.25) is 11.9 Å². The van der Waals surface area contributed by atoms with Crippen LogP contribution in [0.5, 0.6) is 0 Å². The Kier molecular flexibility index (Phi) is 3.99. The van der Waals surface area contributed by atoms with Crippen LogP contribution in [0.4, 0.5) is 5.95 Å². The fourth-order valence-electron chi connectivity index (χ4n) is 3.32. The number of anilines is 1. The molecule has 0 saturated heterocycles. The SMILES string of the molecule is CC1=C(C(N)=O)C(c2cccnc2)n2nc(-c3ccc(C)c(C)c3)nc2N1. The number of hydrogen-bond acceptors (Lipinski definition) is 5. The Bertz CT molecular complexity index is 1070. The zero-order chi connectivity index (χ0) is 19.1. The number of benzene rings is 1. The maximum absolute atomic E-state index is 12.2. The van der Waals surface area contributed by atoms with E-state index in [0.717, 1.165) is 11.1 Å². The zero-order valence-corrected chi connectivity index (χ0v) is 15.4. The number of fused-ring (bicyclic) bond motifs is 1. The van der Waals surface area contributed by atoms with Gasteiger partial charge < -0.3 is 11.1 Å². The molecule has 0 fully saturated rings. The van der Waals surface area contributed by atoms with Gasteiger partial charge in [0.25, 0.3) is 0 Å². The molecule has 0 aliphatic carbocycles. The third-order valence-electron chi connectivity index (χ3n) is 4.88. The first kappa shape index (κ1) is 17.0. The van der Waals surface area contributed by atoms with Crippen LogP contribution in [0, 0.1) is 13.8 Å². The van der Waals surface area contributed by atoms with Gasteiger partial charge in [0.15, 0.2) is 5.82 Å². The molecule has 1 aliphatic heterocycles. The van der Waals surface area contributed by atoms with Gasteiger partial charge in [-0.05, 0) is 49.6 Å². The van der Waals surface area contributed by atoms with Crippen LogP contribution in [-0.2, 0) is 4.79 Å². The largest absolute Gasteiger partial charge is 0.366 e. The first-order valence-corrected chi connectivity index (χ1v) is 8.67. The number of nitrogens with zero attached hydrogens (tertiary/aromatic N) is 4. The minimum absolute atomic E-state index is 0.451. The third-order valence-corrected chi connectivity index (χ3v) is 4.88. The fraction of sp³-hybridized carbons (Fsp3) is 0.200. The van der Waals surface area contributed by atoms with Gasteiger partial charge in [-0.3, -0.25) is 9.78 Å². The maximum Gasteiger partial charge on any atom is 0.248 e. The Morgan fingerprint density at radius 3 is 2.67 bits per heavy atom. The molecule has 1 aromatic carbocycles. The highest BCUT2D eigenvalue weighted by Crippen LogP contribution is 2.35. The third kappa shape index (κ3) is 2.87. The number of nitrogens with one attached hydrogen (secondary N) is 1. The predicted octanol–water partition coefficient (Wildman–Crippen LogP) is 2.73. The van der Waals surface area contributed by atoms with E-state index >= 15 is 0 Å². The molecule has 0 bridgehead atoms. The van der Waals surface area contributed by atoms with E-state index in [1.807, 2.05) is 25.1 Å². The summed E-state index contributed by atoms with van der Waals surface area (Å²) in [6.07, 6.45) is 3.40. The van der Waals surface area contributed by atoms with E-state index in [1.165, 1.54) is 11.1 Å². The average Bonchev–Trinajstić information content (AvgIpc) is 3.06. The lowest BCUT2D eigenvalue weighted by Gasteiger charge is -2.27. The molecule has 136 valence electrons. The molecule has 4 rings (SSSR count). The summed E-state index contributed by atoms with van der Waals surface area (Å²) in [5, 5.41) is 7.84. The summed E-state index contributed by atoms with van der Waals surface area (Å²) in [7, 11) is 0. The first-order valence-electron chi connectivity index (χ1n) is 8.67. The molecule has 1 atom stereocenters. The van der Waals surface area contributed by atoms with Crippen LogP contribution >= 0.6 is 0 Å². The van der Waals surface area contributed by atoms with Gasteiger partial charge in [-0.1, -0.05) is 18.2 Å². The summed E-state index contributed by atoms with van der Waals surface area (Å²) in [5.41, 5.74) is 10.9. The minimum Gasteiger partial charge on any atom is -0.366 e. The molecule has 2 aromatic heterocycles. The summed E-state index contributed by atoms with van der Waals surface area (Å²) in [6, 6.07) is 9.37. The second kappa shape index (κ2) is 6.35. The molecule has 1 unspecified atom stereocenters. The lowest BCUT2D eigenvalue weighted by atomic mass is 9.97. The van der Waals surface area contributed by atoms with Crippen molar-refractivity contribution in [2.75, 3.05) is 5.32 Å². The number of allylic oxidation sites excluding steroid dienone is 1. The molecule has 3 heterocycles. The number of primary amides is 1. The van der Waals surface area contributed by atoms with E-state index in [1.54, 1.807) is 17.1 Å². The Hall–Kier alpha value is -3.48. The van der Waals surface area contributed by atoms with Crippen LogP contribution in [0.25, 0.3) is 11.4 Å². The van der Waals surface area contributed by atoms with Crippen molar-refractivity contribution in [3.8, 4) is 11.4 Å². The summed E-state index contributed by atoms with van der Waals surface area (Å²) in [4.78, 5) is 21.0. The standard InChI is InChI=1S/C20H20N6O/c1-11-6-7-14(9-12(11)2)19-24-20-23-13(3)16(18(21)27)17(26(20)25-19)15-5-4-8-22-10-15/h4-10,17H,1-3H3,(H2,21,27)(H,23,24,25). The van der Waals surface area contributed by atoms with E-state index in [9.17, 15) is 4.79 Å². The highest BCUT2D eigenvalue weighted by atomic mass is 16.1. The first-order chi connectivity index (χ1) is 13.0. The van der Waals surface area contributed by atoms with Gasteiger partial charge in [-0.2, -0.15) is 4.98 Å². The highest BCUT2D eigenvalue weighted by molar-refractivity contribution is 5.95. The molecular formula is C20H20N6O. The molecular weight excluding hydrogens is 340 g/mol. The van der Waals surface area contributed by atoms with Crippen molar-refractivity contribution < 1.29 is 4.79 Å². The smallest absolute Gasteiger partial charge is 0.248 e. The number of carbonyl (C=O) groups is 1. The molecule has 7 nitrogen and oxygen atoms in total. The molecule has 0 spiro atoms. The average molecular weight is 360 g/mol. The quantitative estimate of drug-likeness (QED) is 0.748. The number of amides is 1. The second-order valence-corrected chi connectivity index (χ2v) is 6.72. The molecule has 3 aromatic rings. The van der Waals surface area contributed by atoms with Crippen LogP contribution in [0.1, 0.15) is 29.7 Å². The number of carbonyl (C=O) groups excluding carboxylic acids is 1. The molecule has 0 radical (unpaired) electrons. The summed E-state index contributed by atoms with van der Waals surface area (Å²) in [6.45, 7) is 5.94.